The van der Waals surface area contributed by atoms with Gasteiger partial charge < -0.3 is 0 Å². The van der Waals surface area contributed by atoms with Gasteiger partial charge in [0.2, 0.25) is 0 Å². The van der Waals surface area contributed by atoms with Gasteiger partial charge in [0.15, 0.2) is 12.4 Å². The highest BCUT2D eigenvalue weighted by atomic mass is 32.1. The monoisotopic (exact) mass is 180 g/mol. The third-order valence-electron chi connectivity index (χ3n) is 1.10. The van der Waals surface area contributed by atoms with Gasteiger partial charge in [0, 0.05) is 0 Å². The van der Waals surface area contributed by atoms with E-state index in [1.807, 2.05) is 0 Å². The minimum Gasteiger partial charge on any atom is -0.216 e. The summed E-state index contributed by atoms with van der Waals surface area (Å²) >= 11 is 3.75. The first-order valence-electron chi connectivity index (χ1n) is 2.77. The number of nitrogens with one attached hydrogen (secondary N) is 1. The summed E-state index contributed by atoms with van der Waals surface area (Å²) < 4.78 is 35.7. The van der Waals surface area contributed by atoms with Crippen LogP contribution >= 0.6 is 12.6 Å². The molecule has 0 radical (unpaired) electrons. The lowest BCUT2D eigenvalue weighted by Crippen LogP contribution is -2.11. The molecule has 5 heteroatoms. The van der Waals surface area contributed by atoms with Crippen LogP contribution in [0.1, 0.15) is 5.56 Å². The maximum absolute atomic E-state index is 11.9. The van der Waals surface area contributed by atoms with Crippen molar-refractivity contribution in [3.63, 3.8) is 0 Å². The van der Waals surface area contributed by atoms with Gasteiger partial charge in [-0.25, -0.2) is 4.98 Å². The lowest BCUT2D eigenvalue weighted by molar-refractivity contribution is -0.384. The van der Waals surface area contributed by atoms with E-state index in [9.17, 15) is 13.2 Å². The number of hydrogen-bond acceptors (Lipinski definition) is 1. The molecule has 0 fully saturated rings. The molecule has 1 heterocycles. The summed E-state index contributed by atoms with van der Waals surface area (Å²) in [6.45, 7) is 0. The Balaban J connectivity index is 3.06. The van der Waals surface area contributed by atoms with Crippen LogP contribution < -0.4 is 4.98 Å². The van der Waals surface area contributed by atoms with Crippen LogP contribution in [0.25, 0.3) is 0 Å². The van der Waals surface area contributed by atoms with Gasteiger partial charge in [-0.15, -0.1) is 12.6 Å². The van der Waals surface area contributed by atoms with Gasteiger partial charge in [-0.3, -0.25) is 0 Å². The van der Waals surface area contributed by atoms with Crippen molar-refractivity contribution in [1.82, 2.24) is 0 Å². The molecule has 1 aromatic heterocycles. The summed E-state index contributed by atoms with van der Waals surface area (Å²) in [5.41, 5.74) is -0.718. The van der Waals surface area contributed by atoms with Crippen molar-refractivity contribution >= 4 is 12.6 Å². The van der Waals surface area contributed by atoms with E-state index in [1.165, 1.54) is 6.20 Å². The summed E-state index contributed by atoms with van der Waals surface area (Å²) in [6, 6.07) is 0.958. The fourth-order valence-electron chi connectivity index (χ4n) is 0.623. The molecule has 0 amide bonds. The Labute approximate surface area is 66.7 Å². The second-order valence-corrected chi connectivity index (χ2v) is 2.49. The van der Waals surface area contributed by atoms with Crippen molar-refractivity contribution in [2.45, 2.75) is 11.1 Å². The number of pyridine rings is 1. The van der Waals surface area contributed by atoms with E-state index in [-0.39, 0.29) is 4.90 Å². The largest absolute Gasteiger partial charge is 0.422 e. The molecule has 1 rings (SSSR count). The zero-order valence-electron chi connectivity index (χ0n) is 5.31. The van der Waals surface area contributed by atoms with Gasteiger partial charge in [-0.05, 0) is 6.07 Å². The first-order valence-corrected chi connectivity index (χ1v) is 3.22. The number of alkyl halides is 3. The summed E-state index contributed by atoms with van der Waals surface area (Å²) in [6.07, 6.45) is -2.03. The molecule has 0 aliphatic rings. The van der Waals surface area contributed by atoms with Crippen molar-refractivity contribution in [3.8, 4) is 0 Å². The molecule has 11 heavy (non-hydrogen) atoms. The van der Waals surface area contributed by atoms with E-state index >= 15 is 0 Å². The topological polar surface area (TPSA) is 14.1 Å². The third kappa shape index (κ3) is 2.11. The molecule has 60 valence electrons. The molecule has 0 aromatic carbocycles. The van der Waals surface area contributed by atoms with Gasteiger partial charge >= 0.3 is 6.18 Å². The zero-order chi connectivity index (χ0) is 8.48. The van der Waals surface area contributed by atoms with Crippen LogP contribution in [0.3, 0.4) is 0 Å². The Morgan fingerprint density at radius 3 is 2.27 bits per heavy atom. The maximum atomic E-state index is 11.9. The molecule has 1 nitrogen and oxygen atoms in total. The normalized spacial score (nSPS) is 11.6. The molecule has 0 spiro atoms. The average molecular weight is 180 g/mol. The highest BCUT2D eigenvalue weighted by Gasteiger charge is 2.32. The van der Waals surface area contributed by atoms with Crippen LogP contribution in [-0.2, 0) is 6.18 Å². The van der Waals surface area contributed by atoms with Crippen LogP contribution in [0, 0.1) is 0 Å². The molecule has 1 aromatic rings. The van der Waals surface area contributed by atoms with E-state index in [0.29, 0.717) is 0 Å². The molecule has 0 bridgehead atoms. The van der Waals surface area contributed by atoms with E-state index in [2.05, 4.69) is 17.6 Å². The second-order valence-electron chi connectivity index (χ2n) is 1.98. The summed E-state index contributed by atoms with van der Waals surface area (Å²) in [7, 11) is 0. The minimum absolute atomic E-state index is 0.264. The Kier molecular flexibility index (Phi) is 2.08. The van der Waals surface area contributed by atoms with E-state index in [0.717, 1.165) is 12.3 Å². The second kappa shape index (κ2) is 2.73. The Morgan fingerprint density at radius 2 is 1.91 bits per heavy atom. The Morgan fingerprint density at radius 1 is 1.27 bits per heavy atom. The van der Waals surface area contributed by atoms with Gasteiger partial charge in [-0.1, -0.05) is 0 Å². The molecule has 1 N–H and O–H groups in total. The van der Waals surface area contributed by atoms with E-state index in [1.54, 1.807) is 0 Å². The number of H-pyrrole nitrogens is 1. The number of aromatic amines is 1. The maximum Gasteiger partial charge on any atom is 0.422 e. The van der Waals surface area contributed by atoms with Crippen LogP contribution in [0.4, 0.5) is 13.2 Å². The van der Waals surface area contributed by atoms with Crippen LogP contribution in [0.2, 0.25) is 0 Å². The smallest absolute Gasteiger partial charge is 0.216 e. The highest BCUT2D eigenvalue weighted by Crippen LogP contribution is 2.28. The average Bonchev–Trinajstić information content (AvgIpc) is 1.86. The molecule has 0 atom stereocenters. The van der Waals surface area contributed by atoms with Gasteiger partial charge in [0.05, 0.1) is 4.90 Å². The fraction of sp³-hybridized carbons (Fsp3) is 0.167. The number of aromatic nitrogens is 1. The number of hydrogen-bond donors (Lipinski definition) is 1. The first-order chi connectivity index (χ1) is 5.00. The zero-order valence-corrected chi connectivity index (χ0v) is 6.21. The van der Waals surface area contributed by atoms with Crippen LogP contribution in [0.5, 0.6) is 0 Å². The minimum atomic E-state index is -4.30. The van der Waals surface area contributed by atoms with Gasteiger partial charge in [0.1, 0.15) is 5.56 Å². The lowest BCUT2D eigenvalue weighted by Gasteiger charge is -2.02. The number of thiol groups is 1. The first kappa shape index (κ1) is 8.39. The molecule has 0 unspecified atom stereocenters. The Hall–Kier alpha value is -0.710. The molecule has 0 aliphatic heterocycles. The van der Waals surface area contributed by atoms with Crippen molar-refractivity contribution < 1.29 is 18.2 Å². The third-order valence-corrected chi connectivity index (χ3v) is 1.36. The van der Waals surface area contributed by atoms with Crippen molar-refractivity contribution in [1.29, 1.82) is 0 Å². The quantitative estimate of drug-likeness (QED) is 0.585. The standard InChI is InChI=1S/C6H4F3NS/c7-6(8,9)4-1-5(11)3-10-2-4/h1-3,11H/p+1. The number of halogens is 3. The Bertz CT molecular complexity index is 258. The SMILES string of the molecule is FC(F)(F)c1c[nH+]cc(S)c1. The number of rotatable bonds is 0. The predicted molar refractivity (Wildman–Crippen MR) is 35.3 cm³/mol. The molecule has 0 aliphatic carbocycles. The fourth-order valence-corrected chi connectivity index (χ4v) is 0.837. The van der Waals surface area contributed by atoms with Crippen LogP contribution in [-0.4, -0.2) is 0 Å². The highest BCUT2D eigenvalue weighted by molar-refractivity contribution is 7.80. The molecule has 0 saturated heterocycles. The molecular weight excluding hydrogens is 175 g/mol. The van der Waals surface area contributed by atoms with Crippen molar-refractivity contribution in [2.75, 3.05) is 0 Å². The van der Waals surface area contributed by atoms with Crippen molar-refractivity contribution in [3.05, 3.63) is 24.0 Å². The summed E-state index contributed by atoms with van der Waals surface area (Å²) in [4.78, 5) is 2.60. The predicted octanol–water partition coefficient (Wildman–Crippen LogP) is 1.81. The summed E-state index contributed by atoms with van der Waals surface area (Å²) in [5.74, 6) is 0. The van der Waals surface area contributed by atoms with E-state index in [4.69, 9.17) is 0 Å². The van der Waals surface area contributed by atoms with Gasteiger partial charge in [-0.2, -0.15) is 13.2 Å². The van der Waals surface area contributed by atoms with Crippen molar-refractivity contribution in [2.24, 2.45) is 0 Å². The van der Waals surface area contributed by atoms with Gasteiger partial charge in [0.25, 0.3) is 0 Å². The molecule has 0 saturated carbocycles. The summed E-state index contributed by atoms with van der Waals surface area (Å²) in [5, 5.41) is 0. The van der Waals surface area contributed by atoms with E-state index < -0.39 is 11.7 Å². The lowest BCUT2D eigenvalue weighted by atomic mass is 10.3. The molecular formula is C6H5F3NS+. The van der Waals surface area contributed by atoms with Crippen LogP contribution in [0.15, 0.2) is 23.4 Å².